The predicted molar refractivity (Wildman–Crippen MR) is 132 cm³/mol. The highest BCUT2D eigenvalue weighted by molar-refractivity contribution is 7.89. The molecule has 9 heteroatoms. The Morgan fingerprint density at radius 1 is 1.03 bits per heavy atom. The molecule has 0 heterocycles. The lowest BCUT2D eigenvalue weighted by molar-refractivity contribution is -0.117. The molecule has 3 rings (SSSR count). The van der Waals surface area contributed by atoms with Crippen LogP contribution in [0.4, 0.5) is 5.69 Å². The molecule has 0 saturated carbocycles. The van der Waals surface area contributed by atoms with E-state index in [9.17, 15) is 13.2 Å². The summed E-state index contributed by atoms with van der Waals surface area (Å²) in [5.41, 5.74) is 2.11. The highest BCUT2D eigenvalue weighted by Gasteiger charge is 2.27. The summed E-state index contributed by atoms with van der Waals surface area (Å²) in [5.74, 6) is -0.127. The number of aryl methyl sites for hydroxylation is 1. The molecule has 174 valence electrons. The fourth-order valence-electron chi connectivity index (χ4n) is 3.16. The van der Waals surface area contributed by atoms with Gasteiger partial charge < -0.3 is 10.1 Å². The maximum Gasteiger partial charge on any atom is 0.242 e. The van der Waals surface area contributed by atoms with E-state index in [0.29, 0.717) is 23.1 Å². The van der Waals surface area contributed by atoms with Crippen LogP contribution in [0.2, 0.25) is 10.0 Å². The molecular weight excluding hydrogens is 483 g/mol. The number of nitrogens with one attached hydrogen (secondary N) is 2. The van der Waals surface area contributed by atoms with E-state index in [1.807, 2.05) is 37.3 Å². The monoisotopic (exact) mass is 506 g/mol. The normalized spacial score (nSPS) is 12.2. The third-order valence-corrected chi connectivity index (χ3v) is 6.87. The summed E-state index contributed by atoms with van der Waals surface area (Å²) in [4.78, 5) is 13.1. The molecule has 0 radical (unpaired) electrons. The van der Waals surface area contributed by atoms with E-state index < -0.39 is 22.0 Å². The van der Waals surface area contributed by atoms with Gasteiger partial charge in [-0.05, 0) is 61.7 Å². The molecule has 1 amide bonds. The van der Waals surface area contributed by atoms with Crippen molar-refractivity contribution in [3.05, 3.63) is 87.9 Å². The largest absolute Gasteiger partial charge is 0.492 e. The smallest absolute Gasteiger partial charge is 0.242 e. The van der Waals surface area contributed by atoms with Crippen LogP contribution in [0, 0.1) is 6.92 Å². The Balaban J connectivity index is 1.89. The number of carbonyl (C=O) groups is 1. The van der Waals surface area contributed by atoms with Crippen LogP contribution in [-0.4, -0.2) is 27.0 Å². The van der Waals surface area contributed by atoms with Crippen LogP contribution < -0.4 is 14.8 Å². The summed E-state index contributed by atoms with van der Waals surface area (Å²) < 4.78 is 34.1. The van der Waals surface area contributed by atoms with E-state index in [4.69, 9.17) is 27.9 Å². The fourth-order valence-corrected chi connectivity index (χ4v) is 4.86. The minimum atomic E-state index is -4.07. The molecule has 0 bridgehead atoms. The molecule has 0 saturated heterocycles. The Hall–Kier alpha value is -2.58. The zero-order chi connectivity index (χ0) is 24.0. The molecule has 0 aliphatic rings. The maximum absolute atomic E-state index is 13.2. The van der Waals surface area contributed by atoms with Gasteiger partial charge in [0.2, 0.25) is 15.9 Å². The van der Waals surface area contributed by atoms with Gasteiger partial charge in [0.15, 0.2) is 0 Å². The second-order valence-corrected chi connectivity index (χ2v) is 9.89. The molecule has 0 aliphatic carbocycles. The molecule has 6 nitrogen and oxygen atoms in total. The molecule has 1 atom stereocenters. The molecule has 0 unspecified atom stereocenters. The molecule has 3 aromatic carbocycles. The summed E-state index contributed by atoms with van der Waals surface area (Å²) in [6.45, 7) is 4.02. The summed E-state index contributed by atoms with van der Waals surface area (Å²) in [7, 11) is -4.07. The number of sulfonamides is 1. The first-order valence-corrected chi connectivity index (χ1v) is 12.5. The van der Waals surface area contributed by atoms with E-state index in [2.05, 4.69) is 10.0 Å². The van der Waals surface area contributed by atoms with Crippen molar-refractivity contribution in [2.45, 2.75) is 31.2 Å². The third kappa shape index (κ3) is 6.71. The van der Waals surface area contributed by atoms with Crippen molar-refractivity contribution in [3.8, 4) is 5.75 Å². The predicted octanol–water partition coefficient (Wildman–Crippen LogP) is 5.23. The van der Waals surface area contributed by atoms with Crippen LogP contribution in [0.25, 0.3) is 0 Å². The van der Waals surface area contributed by atoms with Gasteiger partial charge in [-0.3, -0.25) is 4.79 Å². The Kier molecular flexibility index (Phi) is 8.37. The average Bonchev–Trinajstić information content (AvgIpc) is 2.78. The van der Waals surface area contributed by atoms with Crippen molar-refractivity contribution in [2.24, 2.45) is 0 Å². The van der Waals surface area contributed by atoms with Crippen molar-refractivity contribution in [3.63, 3.8) is 0 Å². The number of amides is 1. The second-order valence-electron chi connectivity index (χ2n) is 7.34. The number of hydrogen-bond donors (Lipinski definition) is 2. The minimum absolute atomic E-state index is 0.0687. The van der Waals surface area contributed by atoms with Gasteiger partial charge in [0.1, 0.15) is 11.8 Å². The Morgan fingerprint density at radius 2 is 1.76 bits per heavy atom. The zero-order valence-electron chi connectivity index (χ0n) is 18.1. The molecule has 0 spiro atoms. The van der Waals surface area contributed by atoms with E-state index >= 15 is 0 Å². The van der Waals surface area contributed by atoms with Crippen LogP contribution in [0.1, 0.15) is 18.1 Å². The van der Waals surface area contributed by atoms with Gasteiger partial charge in [0.05, 0.1) is 16.5 Å². The fraction of sp³-hybridized carbons (Fsp3) is 0.208. The van der Waals surface area contributed by atoms with Crippen LogP contribution in [0.5, 0.6) is 5.75 Å². The Labute approximate surface area is 203 Å². The van der Waals surface area contributed by atoms with E-state index in [1.165, 1.54) is 18.2 Å². The van der Waals surface area contributed by atoms with E-state index in [1.54, 1.807) is 25.1 Å². The molecule has 2 N–H and O–H groups in total. The number of benzene rings is 3. The van der Waals surface area contributed by atoms with Gasteiger partial charge in [-0.25, -0.2) is 8.42 Å². The number of rotatable bonds is 9. The topological polar surface area (TPSA) is 84.5 Å². The highest BCUT2D eigenvalue weighted by Crippen LogP contribution is 2.28. The second kappa shape index (κ2) is 11.0. The Bertz CT molecular complexity index is 1230. The van der Waals surface area contributed by atoms with E-state index in [0.717, 1.165) is 11.1 Å². The first kappa shape index (κ1) is 25.1. The van der Waals surface area contributed by atoms with Crippen molar-refractivity contribution in [2.75, 3.05) is 11.9 Å². The third-order valence-electron chi connectivity index (χ3n) is 4.87. The number of ether oxygens (including phenoxy) is 1. The summed E-state index contributed by atoms with van der Waals surface area (Å²) >= 11 is 12.2. The quantitative estimate of drug-likeness (QED) is 0.416. The summed E-state index contributed by atoms with van der Waals surface area (Å²) in [5, 5.41) is 3.41. The molecule has 33 heavy (non-hydrogen) atoms. The Morgan fingerprint density at radius 3 is 2.42 bits per heavy atom. The minimum Gasteiger partial charge on any atom is -0.492 e. The molecule has 3 aromatic rings. The van der Waals surface area contributed by atoms with Gasteiger partial charge in [0, 0.05) is 10.7 Å². The van der Waals surface area contributed by atoms with Crippen LogP contribution in [0.15, 0.2) is 71.6 Å². The maximum atomic E-state index is 13.2. The molecular formula is C24H24Cl2N2O4S. The van der Waals surface area contributed by atoms with Gasteiger partial charge in [-0.15, -0.1) is 0 Å². The van der Waals surface area contributed by atoms with Gasteiger partial charge >= 0.3 is 0 Å². The standard InChI is InChI=1S/C24H24Cl2N2O4S/c1-3-32-23-12-11-19(15-20(23)26)33(30,31)28-22(13-17-7-5-4-6-8-17)24(29)27-21-14-18(25)10-9-16(21)2/h4-12,14-15,22,28H,3,13H2,1-2H3,(H,27,29)/t22-/m1/s1. The van der Waals surface area contributed by atoms with Crippen LogP contribution in [0.3, 0.4) is 0 Å². The number of hydrogen-bond acceptors (Lipinski definition) is 4. The van der Waals surface area contributed by atoms with Crippen LogP contribution >= 0.6 is 23.2 Å². The van der Waals surface area contributed by atoms with Gasteiger partial charge in [-0.2, -0.15) is 4.72 Å². The lowest BCUT2D eigenvalue weighted by Crippen LogP contribution is -2.45. The molecule has 0 aromatic heterocycles. The van der Waals surface area contributed by atoms with Crippen LogP contribution in [-0.2, 0) is 21.2 Å². The first-order chi connectivity index (χ1) is 15.7. The SMILES string of the molecule is CCOc1ccc(S(=O)(=O)N[C@H](Cc2ccccc2)C(=O)Nc2cc(Cl)ccc2C)cc1Cl. The van der Waals surface area contributed by atoms with Crippen molar-refractivity contribution in [1.29, 1.82) is 0 Å². The molecule has 0 fully saturated rings. The number of carbonyl (C=O) groups excluding carboxylic acids is 1. The zero-order valence-corrected chi connectivity index (χ0v) is 20.5. The van der Waals surface area contributed by atoms with Gasteiger partial charge in [-0.1, -0.05) is 59.6 Å². The number of anilines is 1. The lowest BCUT2D eigenvalue weighted by Gasteiger charge is -2.20. The molecule has 0 aliphatic heterocycles. The van der Waals surface area contributed by atoms with Gasteiger partial charge in [0.25, 0.3) is 0 Å². The van der Waals surface area contributed by atoms with Crippen molar-refractivity contribution < 1.29 is 17.9 Å². The number of halogens is 2. The summed E-state index contributed by atoms with van der Waals surface area (Å²) in [6, 6.07) is 17.4. The van der Waals surface area contributed by atoms with Crippen molar-refractivity contribution >= 4 is 44.8 Å². The first-order valence-electron chi connectivity index (χ1n) is 10.2. The average molecular weight is 507 g/mol. The van der Waals surface area contributed by atoms with E-state index in [-0.39, 0.29) is 16.3 Å². The lowest BCUT2D eigenvalue weighted by atomic mass is 10.1. The highest BCUT2D eigenvalue weighted by atomic mass is 35.5. The summed E-state index contributed by atoms with van der Waals surface area (Å²) in [6.07, 6.45) is 0.149. The van der Waals surface area contributed by atoms with Crippen molar-refractivity contribution in [1.82, 2.24) is 4.72 Å².